The number of ether oxygens (including phenoxy) is 2. The molecule has 0 radical (unpaired) electrons. The average molecular weight is 538 g/mol. The molecule has 170 valence electrons. The van der Waals surface area contributed by atoms with E-state index >= 15 is 0 Å². The zero-order chi connectivity index (χ0) is 21.3. The van der Waals surface area contributed by atoms with Crippen molar-refractivity contribution >= 4 is 29.9 Å². The quantitative estimate of drug-likeness (QED) is 0.317. The maximum Gasteiger partial charge on any atom is 0.191 e. The second-order valence-corrected chi connectivity index (χ2v) is 7.75. The number of nitrogens with zero attached hydrogens (tertiary/aromatic N) is 2. The molecule has 2 atom stereocenters. The van der Waals surface area contributed by atoms with Gasteiger partial charge in [-0.3, -0.25) is 9.89 Å². The predicted molar refractivity (Wildman–Crippen MR) is 138 cm³/mol. The van der Waals surface area contributed by atoms with Crippen molar-refractivity contribution in [2.24, 2.45) is 4.99 Å². The van der Waals surface area contributed by atoms with Gasteiger partial charge in [-0.25, -0.2) is 0 Å². The molecule has 3 rings (SSSR count). The highest BCUT2D eigenvalue weighted by molar-refractivity contribution is 14.0. The molecule has 1 aliphatic heterocycles. The van der Waals surface area contributed by atoms with Crippen LogP contribution < -0.4 is 20.1 Å². The second kappa shape index (κ2) is 12.8. The number of hydrogen-bond acceptors (Lipinski definition) is 4. The molecule has 0 aromatic heterocycles. The molecule has 1 fully saturated rings. The van der Waals surface area contributed by atoms with E-state index in [1.807, 2.05) is 25.2 Å². The lowest BCUT2D eigenvalue weighted by molar-refractivity contribution is 0.134. The number of aliphatic imine (C=N–C) groups is 1. The SMILES string of the molecule is CN=C(NCc1cccc(OC)c1OC)NC1CCN(Cc2ccccc2)C(C)C1.I. The summed E-state index contributed by atoms with van der Waals surface area (Å²) >= 11 is 0. The van der Waals surface area contributed by atoms with Crippen LogP contribution in [0, 0.1) is 0 Å². The minimum absolute atomic E-state index is 0. The minimum atomic E-state index is 0. The fourth-order valence-electron chi connectivity index (χ4n) is 4.06. The van der Waals surface area contributed by atoms with Gasteiger partial charge in [-0.1, -0.05) is 42.5 Å². The van der Waals surface area contributed by atoms with Gasteiger partial charge in [0.2, 0.25) is 0 Å². The number of hydrogen-bond donors (Lipinski definition) is 2. The summed E-state index contributed by atoms with van der Waals surface area (Å²) in [6.07, 6.45) is 2.19. The van der Waals surface area contributed by atoms with Crippen LogP contribution in [0.15, 0.2) is 53.5 Å². The van der Waals surface area contributed by atoms with Gasteiger partial charge < -0.3 is 20.1 Å². The first-order chi connectivity index (χ1) is 14.6. The third-order valence-electron chi connectivity index (χ3n) is 5.74. The van der Waals surface area contributed by atoms with Crippen molar-refractivity contribution in [2.75, 3.05) is 27.8 Å². The first-order valence-electron chi connectivity index (χ1n) is 10.6. The van der Waals surface area contributed by atoms with E-state index in [1.54, 1.807) is 14.2 Å². The summed E-state index contributed by atoms with van der Waals surface area (Å²) < 4.78 is 10.9. The molecule has 0 spiro atoms. The van der Waals surface area contributed by atoms with Gasteiger partial charge in [0.05, 0.1) is 14.2 Å². The minimum Gasteiger partial charge on any atom is -0.493 e. The van der Waals surface area contributed by atoms with Crippen molar-refractivity contribution in [3.05, 3.63) is 59.7 Å². The number of rotatable bonds is 7. The zero-order valence-corrected chi connectivity index (χ0v) is 21.3. The van der Waals surface area contributed by atoms with Crippen LogP contribution in [-0.2, 0) is 13.1 Å². The number of guanidine groups is 1. The number of methoxy groups -OCH3 is 2. The van der Waals surface area contributed by atoms with E-state index in [9.17, 15) is 0 Å². The molecule has 0 aliphatic carbocycles. The van der Waals surface area contributed by atoms with Crippen LogP contribution in [0.4, 0.5) is 0 Å². The Kier molecular flexibility index (Phi) is 10.4. The molecule has 2 aromatic rings. The monoisotopic (exact) mass is 538 g/mol. The van der Waals surface area contributed by atoms with E-state index in [4.69, 9.17) is 9.47 Å². The van der Waals surface area contributed by atoms with Crippen LogP contribution in [0.3, 0.4) is 0 Å². The van der Waals surface area contributed by atoms with Gasteiger partial charge in [0.1, 0.15) is 0 Å². The Morgan fingerprint density at radius 3 is 2.52 bits per heavy atom. The van der Waals surface area contributed by atoms with Gasteiger partial charge in [-0.2, -0.15) is 0 Å². The average Bonchev–Trinajstić information content (AvgIpc) is 2.78. The zero-order valence-electron chi connectivity index (χ0n) is 18.9. The van der Waals surface area contributed by atoms with Crippen molar-refractivity contribution in [3.63, 3.8) is 0 Å². The van der Waals surface area contributed by atoms with Crippen molar-refractivity contribution in [1.29, 1.82) is 0 Å². The number of benzene rings is 2. The van der Waals surface area contributed by atoms with Crippen LogP contribution in [0.5, 0.6) is 11.5 Å². The Labute approximate surface area is 203 Å². The lowest BCUT2D eigenvalue weighted by atomic mass is 9.97. The first kappa shape index (κ1) is 25.3. The first-order valence-corrected chi connectivity index (χ1v) is 10.6. The molecule has 1 heterocycles. The van der Waals surface area contributed by atoms with Gasteiger partial charge >= 0.3 is 0 Å². The molecule has 31 heavy (non-hydrogen) atoms. The smallest absolute Gasteiger partial charge is 0.191 e. The van der Waals surface area contributed by atoms with Crippen molar-refractivity contribution in [3.8, 4) is 11.5 Å². The number of nitrogens with one attached hydrogen (secondary N) is 2. The Balaban J connectivity index is 0.00000341. The summed E-state index contributed by atoms with van der Waals surface area (Å²) in [6.45, 7) is 5.02. The van der Waals surface area contributed by atoms with Gasteiger partial charge in [0, 0.05) is 44.3 Å². The summed E-state index contributed by atoms with van der Waals surface area (Å²) in [4.78, 5) is 6.98. The van der Waals surface area contributed by atoms with E-state index in [0.29, 0.717) is 18.6 Å². The highest BCUT2D eigenvalue weighted by Crippen LogP contribution is 2.30. The van der Waals surface area contributed by atoms with E-state index in [0.717, 1.165) is 49.0 Å². The molecule has 7 heteroatoms. The standard InChI is InChI=1S/C24H34N4O2.HI/c1-18-15-21(13-14-28(18)17-19-9-6-5-7-10-19)27-24(25-2)26-16-20-11-8-12-22(29-3)23(20)30-4;/h5-12,18,21H,13-17H2,1-4H3,(H2,25,26,27);1H. The number of piperidine rings is 1. The van der Waals surface area contributed by atoms with Gasteiger partial charge in [0.15, 0.2) is 17.5 Å². The fourth-order valence-corrected chi connectivity index (χ4v) is 4.06. The normalized spacial score (nSPS) is 19.3. The summed E-state index contributed by atoms with van der Waals surface area (Å²) in [5.41, 5.74) is 2.41. The molecule has 0 bridgehead atoms. The number of likely N-dealkylation sites (tertiary alicyclic amines) is 1. The summed E-state index contributed by atoms with van der Waals surface area (Å²) in [5.74, 6) is 2.30. The van der Waals surface area contributed by atoms with Crippen LogP contribution in [0.1, 0.15) is 30.9 Å². The second-order valence-electron chi connectivity index (χ2n) is 7.75. The van der Waals surface area contributed by atoms with E-state index < -0.39 is 0 Å². The molecule has 1 saturated heterocycles. The van der Waals surface area contributed by atoms with Crippen LogP contribution in [0.25, 0.3) is 0 Å². The summed E-state index contributed by atoms with van der Waals surface area (Å²) in [6, 6.07) is 17.5. The van der Waals surface area contributed by atoms with Crippen LogP contribution in [-0.4, -0.2) is 50.8 Å². The molecule has 2 N–H and O–H groups in total. The molecule has 2 aromatic carbocycles. The van der Waals surface area contributed by atoms with E-state index in [2.05, 4.69) is 57.8 Å². The molecule has 0 saturated carbocycles. The Hall–Kier alpha value is -2.00. The largest absolute Gasteiger partial charge is 0.493 e. The lowest BCUT2D eigenvalue weighted by Crippen LogP contribution is -2.51. The summed E-state index contributed by atoms with van der Waals surface area (Å²) in [5, 5.41) is 7.01. The molecule has 2 unspecified atom stereocenters. The van der Waals surface area contributed by atoms with Crippen molar-refractivity contribution in [1.82, 2.24) is 15.5 Å². The van der Waals surface area contributed by atoms with E-state index in [1.165, 1.54) is 5.56 Å². The highest BCUT2D eigenvalue weighted by Gasteiger charge is 2.26. The number of halogens is 1. The number of para-hydroxylation sites is 1. The van der Waals surface area contributed by atoms with Gasteiger partial charge in [-0.15, -0.1) is 24.0 Å². The van der Waals surface area contributed by atoms with E-state index in [-0.39, 0.29) is 24.0 Å². The molecular formula is C24H35IN4O2. The Morgan fingerprint density at radius 1 is 1.10 bits per heavy atom. The third kappa shape index (κ3) is 7.00. The molecule has 6 nitrogen and oxygen atoms in total. The molecule has 0 amide bonds. The fraction of sp³-hybridized carbons (Fsp3) is 0.458. The van der Waals surface area contributed by atoms with Crippen molar-refractivity contribution < 1.29 is 9.47 Å². The maximum absolute atomic E-state index is 5.53. The maximum atomic E-state index is 5.53. The third-order valence-corrected chi connectivity index (χ3v) is 5.74. The topological polar surface area (TPSA) is 58.1 Å². The summed E-state index contributed by atoms with van der Waals surface area (Å²) in [7, 11) is 5.13. The van der Waals surface area contributed by atoms with Crippen LogP contribution >= 0.6 is 24.0 Å². The van der Waals surface area contributed by atoms with Gasteiger partial charge in [-0.05, 0) is 31.4 Å². The van der Waals surface area contributed by atoms with Gasteiger partial charge in [0.25, 0.3) is 0 Å². The van der Waals surface area contributed by atoms with Crippen LogP contribution in [0.2, 0.25) is 0 Å². The predicted octanol–water partition coefficient (Wildman–Crippen LogP) is 4.04. The lowest BCUT2D eigenvalue weighted by Gasteiger charge is -2.38. The molecular weight excluding hydrogens is 503 g/mol. The highest BCUT2D eigenvalue weighted by atomic mass is 127. The molecule has 1 aliphatic rings. The Morgan fingerprint density at radius 2 is 1.87 bits per heavy atom. The Bertz CT molecular complexity index is 832. The van der Waals surface area contributed by atoms with Crippen molar-refractivity contribution in [2.45, 2.75) is 44.9 Å².